The maximum absolute atomic E-state index is 5.98. The van der Waals surface area contributed by atoms with Gasteiger partial charge >= 0.3 is 0 Å². The minimum atomic E-state index is 0.642. The fourth-order valence-electron chi connectivity index (χ4n) is 1.78. The van der Waals surface area contributed by atoms with Crippen molar-refractivity contribution in [3.63, 3.8) is 0 Å². The Bertz CT molecular complexity index is 532. The summed E-state index contributed by atoms with van der Waals surface area (Å²) in [5.74, 6) is 1.34. The van der Waals surface area contributed by atoms with Gasteiger partial charge in [-0.1, -0.05) is 37.6 Å². The topological polar surface area (TPSA) is 43.8 Å². The van der Waals surface area contributed by atoms with Gasteiger partial charge < -0.3 is 5.73 Å². The molecule has 2 rings (SSSR count). The number of rotatable bonds is 4. The van der Waals surface area contributed by atoms with Gasteiger partial charge in [0.15, 0.2) is 0 Å². The molecule has 0 aliphatic rings. The standard InChI is InChI=1S/C14H18ClN3/c1-10(2)6-7-18-14(16)9-13(17-18)11-4-3-5-12(15)8-11/h3-5,8-10H,6-7,16H2,1-2H3. The Morgan fingerprint density at radius 3 is 2.78 bits per heavy atom. The second kappa shape index (κ2) is 5.44. The van der Waals surface area contributed by atoms with Gasteiger partial charge in [0.05, 0.1) is 5.69 Å². The zero-order chi connectivity index (χ0) is 13.1. The summed E-state index contributed by atoms with van der Waals surface area (Å²) in [4.78, 5) is 0. The van der Waals surface area contributed by atoms with Crippen LogP contribution in [-0.2, 0) is 6.54 Å². The third kappa shape index (κ3) is 3.05. The van der Waals surface area contributed by atoms with Crippen molar-refractivity contribution < 1.29 is 0 Å². The molecular weight excluding hydrogens is 246 g/mol. The van der Waals surface area contributed by atoms with Crippen molar-refractivity contribution in [3.05, 3.63) is 35.4 Å². The summed E-state index contributed by atoms with van der Waals surface area (Å²) in [5, 5.41) is 5.24. The molecule has 0 aliphatic carbocycles. The fraction of sp³-hybridized carbons (Fsp3) is 0.357. The van der Waals surface area contributed by atoms with Crippen molar-refractivity contribution in [1.29, 1.82) is 0 Å². The Morgan fingerprint density at radius 2 is 2.11 bits per heavy atom. The zero-order valence-electron chi connectivity index (χ0n) is 10.7. The smallest absolute Gasteiger partial charge is 0.122 e. The highest BCUT2D eigenvalue weighted by Crippen LogP contribution is 2.23. The Hall–Kier alpha value is -1.48. The predicted molar refractivity (Wildman–Crippen MR) is 76.5 cm³/mol. The van der Waals surface area contributed by atoms with Gasteiger partial charge in [0.1, 0.15) is 5.82 Å². The molecule has 2 N–H and O–H groups in total. The van der Waals surface area contributed by atoms with Crippen LogP contribution >= 0.6 is 11.6 Å². The molecule has 0 bridgehead atoms. The Morgan fingerprint density at radius 1 is 1.33 bits per heavy atom. The molecule has 0 saturated heterocycles. The molecule has 0 spiro atoms. The molecule has 0 saturated carbocycles. The molecule has 1 heterocycles. The summed E-state index contributed by atoms with van der Waals surface area (Å²) in [5.41, 5.74) is 7.84. The summed E-state index contributed by atoms with van der Waals surface area (Å²) >= 11 is 5.98. The molecule has 0 amide bonds. The number of nitrogens with zero attached hydrogens (tertiary/aromatic N) is 2. The molecule has 0 aliphatic heterocycles. The second-order valence-corrected chi connectivity index (χ2v) is 5.31. The summed E-state index contributed by atoms with van der Waals surface area (Å²) in [6.45, 7) is 5.24. The van der Waals surface area contributed by atoms with Crippen LogP contribution in [0, 0.1) is 5.92 Å². The number of aryl methyl sites for hydroxylation is 1. The average molecular weight is 264 g/mol. The van der Waals surface area contributed by atoms with E-state index in [-0.39, 0.29) is 0 Å². The van der Waals surface area contributed by atoms with Crippen LogP contribution < -0.4 is 5.73 Å². The molecule has 3 nitrogen and oxygen atoms in total. The van der Waals surface area contributed by atoms with Crippen molar-refractivity contribution in [1.82, 2.24) is 9.78 Å². The van der Waals surface area contributed by atoms with Gasteiger partial charge in [-0.05, 0) is 24.5 Å². The lowest BCUT2D eigenvalue weighted by Gasteiger charge is -2.06. The molecule has 1 aromatic carbocycles. The minimum absolute atomic E-state index is 0.642. The van der Waals surface area contributed by atoms with Gasteiger partial charge in [-0.2, -0.15) is 5.10 Å². The molecule has 96 valence electrons. The Labute approximate surface area is 113 Å². The van der Waals surface area contributed by atoms with E-state index in [1.165, 1.54) is 0 Å². The highest BCUT2D eigenvalue weighted by atomic mass is 35.5. The molecule has 4 heteroatoms. The van der Waals surface area contributed by atoms with Gasteiger partial charge in [-0.3, -0.25) is 0 Å². The number of hydrogen-bond donors (Lipinski definition) is 1. The maximum Gasteiger partial charge on any atom is 0.122 e. The first-order chi connectivity index (χ1) is 8.56. The molecule has 2 aromatic rings. The normalized spacial score (nSPS) is 11.1. The zero-order valence-corrected chi connectivity index (χ0v) is 11.5. The third-order valence-corrected chi connectivity index (χ3v) is 3.08. The molecule has 0 radical (unpaired) electrons. The number of halogens is 1. The lowest BCUT2D eigenvalue weighted by atomic mass is 10.1. The summed E-state index contributed by atoms with van der Waals surface area (Å²) < 4.78 is 1.86. The van der Waals surface area contributed by atoms with E-state index < -0.39 is 0 Å². The monoisotopic (exact) mass is 263 g/mol. The van der Waals surface area contributed by atoms with Crippen LogP contribution in [0.3, 0.4) is 0 Å². The SMILES string of the molecule is CC(C)CCn1nc(-c2cccc(Cl)c2)cc1N. The van der Waals surface area contributed by atoms with E-state index in [2.05, 4.69) is 18.9 Å². The number of aromatic nitrogens is 2. The van der Waals surface area contributed by atoms with Gasteiger partial charge in [0, 0.05) is 23.2 Å². The molecule has 1 aromatic heterocycles. The Balaban J connectivity index is 2.23. The Kier molecular flexibility index (Phi) is 3.92. The first-order valence-corrected chi connectivity index (χ1v) is 6.53. The van der Waals surface area contributed by atoms with Crippen molar-refractivity contribution >= 4 is 17.4 Å². The van der Waals surface area contributed by atoms with E-state index in [9.17, 15) is 0 Å². The lowest BCUT2D eigenvalue weighted by Crippen LogP contribution is -2.06. The second-order valence-electron chi connectivity index (χ2n) is 4.87. The average Bonchev–Trinajstić information content (AvgIpc) is 2.68. The highest BCUT2D eigenvalue weighted by Gasteiger charge is 2.08. The number of anilines is 1. The number of hydrogen-bond acceptors (Lipinski definition) is 2. The van der Waals surface area contributed by atoms with Gasteiger partial charge in [0.2, 0.25) is 0 Å². The first-order valence-electron chi connectivity index (χ1n) is 6.15. The van der Waals surface area contributed by atoms with Crippen LogP contribution in [0.2, 0.25) is 5.02 Å². The third-order valence-electron chi connectivity index (χ3n) is 2.85. The van der Waals surface area contributed by atoms with Crippen LogP contribution in [0.5, 0.6) is 0 Å². The summed E-state index contributed by atoms with van der Waals surface area (Å²) in [6, 6.07) is 9.55. The molecule has 0 fully saturated rings. The maximum atomic E-state index is 5.98. The van der Waals surface area contributed by atoms with Crippen molar-refractivity contribution in [2.24, 2.45) is 5.92 Å². The quantitative estimate of drug-likeness (QED) is 0.911. The van der Waals surface area contributed by atoms with E-state index in [0.717, 1.165) is 24.2 Å². The van der Waals surface area contributed by atoms with Crippen LogP contribution in [0.25, 0.3) is 11.3 Å². The molecular formula is C14H18ClN3. The summed E-state index contributed by atoms with van der Waals surface area (Å²) in [6.07, 6.45) is 1.07. The molecule has 18 heavy (non-hydrogen) atoms. The van der Waals surface area contributed by atoms with Crippen LogP contribution in [0.4, 0.5) is 5.82 Å². The molecule has 0 atom stereocenters. The first kappa shape index (κ1) is 13.0. The van der Waals surface area contributed by atoms with Gasteiger partial charge in [-0.15, -0.1) is 0 Å². The van der Waals surface area contributed by atoms with Gasteiger partial charge in [-0.25, -0.2) is 4.68 Å². The van der Waals surface area contributed by atoms with Gasteiger partial charge in [0.25, 0.3) is 0 Å². The number of nitrogens with two attached hydrogens (primary N) is 1. The largest absolute Gasteiger partial charge is 0.384 e. The lowest BCUT2D eigenvalue weighted by molar-refractivity contribution is 0.492. The van der Waals surface area contributed by atoms with Crippen molar-refractivity contribution in [2.75, 3.05) is 5.73 Å². The fourth-order valence-corrected chi connectivity index (χ4v) is 1.97. The van der Waals surface area contributed by atoms with E-state index in [4.69, 9.17) is 17.3 Å². The minimum Gasteiger partial charge on any atom is -0.384 e. The van der Waals surface area contributed by atoms with E-state index in [1.807, 2.05) is 35.0 Å². The number of benzene rings is 1. The van der Waals surface area contributed by atoms with Crippen LogP contribution in [0.1, 0.15) is 20.3 Å². The molecule has 0 unspecified atom stereocenters. The van der Waals surface area contributed by atoms with Crippen LogP contribution in [-0.4, -0.2) is 9.78 Å². The van der Waals surface area contributed by atoms with Crippen molar-refractivity contribution in [2.45, 2.75) is 26.8 Å². The highest BCUT2D eigenvalue weighted by molar-refractivity contribution is 6.30. The van der Waals surface area contributed by atoms with Crippen LogP contribution in [0.15, 0.2) is 30.3 Å². The summed E-state index contributed by atoms with van der Waals surface area (Å²) in [7, 11) is 0. The van der Waals surface area contributed by atoms with Crippen molar-refractivity contribution in [3.8, 4) is 11.3 Å². The van der Waals surface area contributed by atoms with E-state index in [0.29, 0.717) is 16.8 Å². The number of nitrogen functional groups attached to an aromatic ring is 1. The van der Waals surface area contributed by atoms with E-state index >= 15 is 0 Å². The predicted octanol–water partition coefficient (Wildman–Crippen LogP) is 3.83. The van der Waals surface area contributed by atoms with E-state index in [1.54, 1.807) is 0 Å².